The summed E-state index contributed by atoms with van der Waals surface area (Å²) in [6, 6.07) is 1.77. The Bertz CT molecular complexity index is 384. The predicted molar refractivity (Wildman–Crippen MR) is 53.3 cm³/mol. The molecule has 0 heterocycles. The second kappa shape index (κ2) is 5.41. The van der Waals surface area contributed by atoms with E-state index in [9.17, 15) is 13.6 Å². The molecule has 0 aliphatic heterocycles. The van der Waals surface area contributed by atoms with E-state index in [1.54, 1.807) is 0 Å². The summed E-state index contributed by atoms with van der Waals surface area (Å²) >= 11 is 0. The Balaban J connectivity index is 2.81. The van der Waals surface area contributed by atoms with Crippen molar-refractivity contribution in [1.29, 1.82) is 0 Å². The molecular formula is C10H11F2NO3. The third-order valence-corrected chi connectivity index (χ3v) is 1.89. The zero-order valence-corrected chi connectivity index (χ0v) is 8.54. The average molecular weight is 231 g/mol. The number of hydrogen-bond donors (Lipinski definition) is 2. The molecule has 0 aliphatic carbocycles. The van der Waals surface area contributed by atoms with Crippen LogP contribution in [0.4, 0.5) is 14.5 Å². The van der Waals surface area contributed by atoms with Gasteiger partial charge in [-0.25, -0.2) is 13.6 Å². The molecule has 0 aliphatic rings. The van der Waals surface area contributed by atoms with Crippen LogP contribution in [-0.4, -0.2) is 30.8 Å². The molecule has 1 unspecified atom stereocenters. The second-order valence-corrected chi connectivity index (χ2v) is 3.11. The highest BCUT2D eigenvalue weighted by molar-refractivity contribution is 5.77. The first-order valence-electron chi connectivity index (χ1n) is 4.48. The summed E-state index contributed by atoms with van der Waals surface area (Å²) in [6.07, 6.45) is 0. The molecule has 88 valence electrons. The van der Waals surface area contributed by atoms with Gasteiger partial charge in [0.25, 0.3) is 0 Å². The molecule has 2 N–H and O–H groups in total. The van der Waals surface area contributed by atoms with E-state index in [1.807, 2.05) is 0 Å². The molecule has 0 aromatic heterocycles. The molecule has 4 nitrogen and oxygen atoms in total. The molecule has 0 spiro atoms. The number of ether oxygens (including phenoxy) is 1. The molecule has 0 saturated heterocycles. The first-order valence-corrected chi connectivity index (χ1v) is 4.48. The van der Waals surface area contributed by atoms with Gasteiger partial charge in [-0.05, 0) is 12.1 Å². The van der Waals surface area contributed by atoms with E-state index in [0.29, 0.717) is 6.07 Å². The fourth-order valence-electron chi connectivity index (χ4n) is 1.14. The number of methoxy groups -OCH3 is 1. The van der Waals surface area contributed by atoms with Gasteiger partial charge in [0.1, 0.15) is 17.7 Å². The summed E-state index contributed by atoms with van der Waals surface area (Å²) in [5, 5.41) is 11.2. The smallest absolute Gasteiger partial charge is 0.328 e. The molecular weight excluding hydrogens is 220 g/mol. The van der Waals surface area contributed by atoms with Crippen molar-refractivity contribution in [2.75, 3.05) is 19.0 Å². The van der Waals surface area contributed by atoms with Crippen LogP contribution in [0.15, 0.2) is 18.2 Å². The number of rotatable bonds is 5. The number of carboxylic acid groups (broad SMARTS) is 1. The third kappa shape index (κ3) is 3.16. The Labute approximate surface area is 90.8 Å². The summed E-state index contributed by atoms with van der Waals surface area (Å²) in [7, 11) is 1.33. The van der Waals surface area contributed by atoms with Crippen molar-refractivity contribution in [3.05, 3.63) is 29.8 Å². The average Bonchev–Trinajstić information content (AvgIpc) is 2.20. The van der Waals surface area contributed by atoms with Crippen LogP contribution in [0.2, 0.25) is 0 Å². The Morgan fingerprint density at radius 3 is 2.75 bits per heavy atom. The lowest BCUT2D eigenvalue weighted by molar-refractivity contribution is -0.139. The summed E-state index contributed by atoms with van der Waals surface area (Å²) in [5.74, 6) is -2.74. The molecule has 1 aromatic rings. The van der Waals surface area contributed by atoms with Gasteiger partial charge in [-0.1, -0.05) is 0 Å². The van der Waals surface area contributed by atoms with E-state index in [1.165, 1.54) is 7.11 Å². The van der Waals surface area contributed by atoms with Gasteiger partial charge in [0.2, 0.25) is 0 Å². The first-order chi connectivity index (χ1) is 7.54. The molecule has 0 saturated carbocycles. The minimum atomic E-state index is -1.18. The van der Waals surface area contributed by atoms with Crippen LogP contribution in [0.3, 0.4) is 0 Å². The molecule has 0 amide bonds. The van der Waals surface area contributed by atoms with Crippen molar-refractivity contribution in [2.24, 2.45) is 0 Å². The van der Waals surface area contributed by atoms with Crippen LogP contribution in [0, 0.1) is 11.6 Å². The van der Waals surface area contributed by atoms with Gasteiger partial charge < -0.3 is 15.2 Å². The van der Waals surface area contributed by atoms with Crippen molar-refractivity contribution in [3.63, 3.8) is 0 Å². The van der Waals surface area contributed by atoms with Gasteiger partial charge >= 0.3 is 5.97 Å². The standard InChI is InChI=1S/C10H11F2NO3/c1-16-5-9(10(14)15)13-8-3-2-6(11)4-7(8)12/h2-4,9,13H,5H2,1H3,(H,14,15). The van der Waals surface area contributed by atoms with Gasteiger partial charge in [-0.15, -0.1) is 0 Å². The number of carboxylic acids is 1. The van der Waals surface area contributed by atoms with Gasteiger partial charge in [0.05, 0.1) is 12.3 Å². The maximum Gasteiger partial charge on any atom is 0.328 e. The maximum absolute atomic E-state index is 13.2. The zero-order chi connectivity index (χ0) is 12.1. The highest BCUT2D eigenvalue weighted by Crippen LogP contribution is 2.16. The largest absolute Gasteiger partial charge is 0.480 e. The highest BCUT2D eigenvalue weighted by atomic mass is 19.1. The van der Waals surface area contributed by atoms with E-state index in [2.05, 4.69) is 10.1 Å². The fraction of sp³-hybridized carbons (Fsp3) is 0.300. The van der Waals surface area contributed by atoms with Crippen molar-refractivity contribution >= 4 is 11.7 Å². The Kier molecular flexibility index (Phi) is 4.19. The second-order valence-electron chi connectivity index (χ2n) is 3.11. The molecule has 6 heteroatoms. The fourth-order valence-corrected chi connectivity index (χ4v) is 1.14. The number of hydrogen-bond acceptors (Lipinski definition) is 3. The number of benzene rings is 1. The molecule has 16 heavy (non-hydrogen) atoms. The lowest BCUT2D eigenvalue weighted by Crippen LogP contribution is -2.33. The van der Waals surface area contributed by atoms with Gasteiger partial charge in [0.15, 0.2) is 0 Å². The van der Waals surface area contributed by atoms with Crippen molar-refractivity contribution in [3.8, 4) is 0 Å². The lowest BCUT2D eigenvalue weighted by atomic mass is 10.2. The van der Waals surface area contributed by atoms with E-state index >= 15 is 0 Å². The highest BCUT2D eigenvalue weighted by Gasteiger charge is 2.18. The van der Waals surface area contributed by atoms with E-state index in [-0.39, 0.29) is 12.3 Å². The minimum Gasteiger partial charge on any atom is -0.480 e. The van der Waals surface area contributed by atoms with Crippen LogP contribution in [-0.2, 0) is 9.53 Å². The van der Waals surface area contributed by atoms with Crippen LogP contribution in [0.1, 0.15) is 0 Å². The van der Waals surface area contributed by atoms with Crippen molar-refractivity contribution in [1.82, 2.24) is 0 Å². The molecule has 0 radical (unpaired) electrons. The van der Waals surface area contributed by atoms with Gasteiger partial charge in [0, 0.05) is 13.2 Å². The summed E-state index contributed by atoms with van der Waals surface area (Å²) in [6.45, 7) is -0.119. The Hall–Kier alpha value is -1.69. The summed E-state index contributed by atoms with van der Waals surface area (Å²) < 4.78 is 30.4. The number of carbonyl (C=O) groups is 1. The molecule has 0 bridgehead atoms. The third-order valence-electron chi connectivity index (χ3n) is 1.89. The zero-order valence-electron chi connectivity index (χ0n) is 8.54. The van der Waals surface area contributed by atoms with Crippen LogP contribution >= 0.6 is 0 Å². The Morgan fingerprint density at radius 2 is 2.25 bits per heavy atom. The Morgan fingerprint density at radius 1 is 1.56 bits per heavy atom. The van der Waals surface area contributed by atoms with Crippen LogP contribution < -0.4 is 5.32 Å². The monoisotopic (exact) mass is 231 g/mol. The SMILES string of the molecule is COCC(Nc1ccc(F)cc1F)C(=O)O. The van der Waals surface area contributed by atoms with Gasteiger partial charge in [-0.3, -0.25) is 0 Å². The number of aliphatic carboxylic acids is 1. The normalized spacial score (nSPS) is 12.2. The van der Waals surface area contributed by atoms with Crippen molar-refractivity contribution < 1.29 is 23.4 Å². The van der Waals surface area contributed by atoms with E-state index in [0.717, 1.165) is 12.1 Å². The van der Waals surface area contributed by atoms with Crippen LogP contribution in [0.25, 0.3) is 0 Å². The number of nitrogens with one attached hydrogen (secondary N) is 1. The maximum atomic E-state index is 13.2. The molecule has 1 rings (SSSR count). The van der Waals surface area contributed by atoms with Crippen molar-refractivity contribution in [2.45, 2.75) is 6.04 Å². The van der Waals surface area contributed by atoms with Crippen LogP contribution in [0.5, 0.6) is 0 Å². The summed E-state index contributed by atoms with van der Waals surface area (Å²) in [4.78, 5) is 10.7. The topological polar surface area (TPSA) is 58.6 Å². The van der Waals surface area contributed by atoms with E-state index in [4.69, 9.17) is 5.11 Å². The molecule has 0 fully saturated rings. The lowest BCUT2D eigenvalue weighted by Gasteiger charge is -2.15. The van der Waals surface area contributed by atoms with E-state index < -0.39 is 23.6 Å². The quantitative estimate of drug-likeness (QED) is 0.805. The number of halogens is 2. The predicted octanol–water partition coefficient (Wildman–Crippen LogP) is 1.48. The van der Waals surface area contributed by atoms with Gasteiger partial charge in [-0.2, -0.15) is 0 Å². The number of anilines is 1. The molecule has 1 atom stereocenters. The molecule has 1 aromatic carbocycles. The minimum absolute atomic E-state index is 0.0779. The summed E-state index contributed by atoms with van der Waals surface area (Å²) in [5.41, 5.74) is -0.0779. The first kappa shape index (κ1) is 12.4.